The molecule has 3 rings (SSSR count). The third-order valence-electron chi connectivity index (χ3n) is 4.52. The molecule has 0 radical (unpaired) electrons. The molecule has 0 aromatic heterocycles. The molecule has 0 saturated carbocycles. The second-order valence-electron chi connectivity index (χ2n) is 6.37. The molecular weight excluding hydrogens is 380 g/mol. The van der Waals surface area contributed by atoms with Crippen LogP contribution in [0.3, 0.4) is 0 Å². The summed E-state index contributed by atoms with van der Waals surface area (Å²) >= 11 is 6.04. The Labute approximate surface area is 169 Å². The van der Waals surface area contributed by atoms with E-state index in [1.54, 1.807) is 23.1 Å². The summed E-state index contributed by atoms with van der Waals surface area (Å²) < 4.78 is 5.08. The zero-order chi connectivity index (χ0) is 19.9. The molecule has 0 bridgehead atoms. The fraction of sp³-hybridized carbons (Fsp3) is 0.300. The third kappa shape index (κ3) is 5.07. The summed E-state index contributed by atoms with van der Waals surface area (Å²) in [4.78, 5) is 28.3. The number of hydrogen-bond acceptors (Lipinski definition) is 4. The van der Waals surface area contributed by atoms with Crippen molar-refractivity contribution in [2.75, 3.05) is 50.1 Å². The highest BCUT2D eigenvalue weighted by atomic mass is 35.5. The number of piperazine rings is 1. The van der Waals surface area contributed by atoms with Gasteiger partial charge in [0.25, 0.3) is 0 Å². The van der Waals surface area contributed by atoms with E-state index in [-0.39, 0.29) is 18.5 Å². The molecule has 3 amide bonds. The molecule has 8 heteroatoms. The van der Waals surface area contributed by atoms with Gasteiger partial charge in [0.2, 0.25) is 5.91 Å². The van der Waals surface area contributed by atoms with Crippen molar-refractivity contribution in [2.45, 2.75) is 0 Å². The van der Waals surface area contributed by atoms with Crippen LogP contribution in [0.2, 0.25) is 5.02 Å². The van der Waals surface area contributed by atoms with E-state index in [1.807, 2.05) is 18.2 Å². The van der Waals surface area contributed by atoms with E-state index >= 15 is 0 Å². The molecule has 1 aliphatic rings. The van der Waals surface area contributed by atoms with Gasteiger partial charge in [-0.2, -0.15) is 0 Å². The average Bonchev–Trinajstić information content (AvgIpc) is 2.73. The molecule has 1 saturated heterocycles. The molecule has 1 fully saturated rings. The predicted molar refractivity (Wildman–Crippen MR) is 110 cm³/mol. The average molecular weight is 403 g/mol. The van der Waals surface area contributed by atoms with Crippen LogP contribution in [0.15, 0.2) is 48.5 Å². The first-order valence-corrected chi connectivity index (χ1v) is 9.41. The van der Waals surface area contributed by atoms with Crippen molar-refractivity contribution in [3.63, 3.8) is 0 Å². The summed E-state index contributed by atoms with van der Waals surface area (Å²) in [5.41, 5.74) is 1.70. The Morgan fingerprint density at radius 3 is 2.43 bits per heavy atom. The van der Waals surface area contributed by atoms with Crippen LogP contribution in [-0.4, -0.2) is 56.7 Å². The Morgan fingerprint density at radius 1 is 1.07 bits per heavy atom. The van der Waals surface area contributed by atoms with Crippen molar-refractivity contribution in [3.8, 4) is 5.75 Å². The van der Waals surface area contributed by atoms with Gasteiger partial charge in [-0.1, -0.05) is 29.8 Å². The number of nitrogens with one attached hydrogen (secondary N) is 2. The van der Waals surface area contributed by atoms with Crippen molar-refractivity contribution in [2.24, 2.45) is 0 Å². The number of benzene rings is 2. The maximum absolute atomic E-state index is 12.3. The van der Waals surface area contributed by atoms with Gasteiger partial charge in [-0.3, -0.25) is 4.79 Å². The lowest BCUT2D eigenvalue weighted by molar-refractivity contribution is -0.115. The molecule has 1 heterocycles. The summed E-state index contributed by atoms with van der Waals surface area (Å²) in [6, 6.07) is 14.8. The number of halogens is 1. The quantitative estimate of drug-likeness (QED) is 0.806. The normalized spacial score (nSPS) is 13.8. The van der Waals surface area contributed by atoms with Crippen molar-refractivity contribution < 1.29 is 14.3 Å². The predicted octanol–water partition coefficient (Wildman–Crippen LogP) is 2.82. The van der Waals surface area contributed by atoms with Crippen LogP contribution in [0.25, 0.3) is 0 Å². The molecule has 2 N–H and O–H groups in total. The molecule has 0 spiro atoms. The van der Waals surface area contributed by atoms with Crippen molar-refractivity contribution in [1.29, 1.82) is 0 Å². The Morgan fingerprint density at radius 2 is 1.79 bits per heavy atom. The van der Waals surface area contributed by atoms with Crippen molar-refractivity contribution in [3.05, 3.63) is 53.6 Å². The van der Waals surface area contributed by atoms with E-state index in [9.17, 15) is 9.59 Å². The molecule has 28 heavy (non-hydrogen) atoms. The first-order chi connectivity index (χ1) is 13.6. The summed E-state index contributed by atoms with van der Waals surface area (Å²) in [5.74, 6) is 0.208. The van der Waals surface area contributed by atoms with Gasteiger partial charge in [0, 0.05) is 37.6 Å². The second-order valence-corrected chi connectivity index (χ2v) is 6.77. The van der Waals surface area contributed by atoms with Crippen LogP contribution in [-0.2, 0) is 4.79 Å². The van der Waals surface area contributed by atoms with E-state index in [0.29, 0.717) is 29.5 Å². The first-order valence-electron chi connectivity index (χ1n) is 9.03. The van der Waals surface area contributed by atoms with Crippen LogP contribution in [0.5, 0.6) is 5.75 Å². The standard InChI is InChI=1S/C20H23ClN4O3/c1-28-18-8-7-15(13-17(18)21)23-19(26)14-22-20(27)25-11-9-24(10-12-25)16-5-3-2-4-6-16/h2-8,13H,9-12,14H2,1H3,(H,22,27)(H,23,26). The molecule has 2 aromatic carbocycles. The minimum absolute atomic E-state index is 0.110. The van der Waals surface area contributed by atoms with Crippen LogP contribution in [0, 0.1) is 0 Å². The second kappa shape index (κ2) is 9.32. The summed E-state index contributed by atoms with van der Waals surface area (Å²) in [6.07, 6.45) is 0. The lowest BCUT2D eigenvalue weighted by atomic mass is 10.2. The van der Waals surface area contributed by atoms with Gasteiger partial charge in [0.15, 0.2) is 0 Å². The van der Waals surface area contributed by atoms with E-state index in [2.05, 4.69) is 27.7 Å². The van der Waals surface area contributed by atoms with Crippen LogP contribution in [0.4, 0.5) is 16.2 Å². The molecule has 2 aromatic rings. The number of urea groups is 1. The van der Waals surface area contributed by atoms with E-state index in [1.165, 1.54) is 7.11 Å². The summed E-state index contributed by atoms with van der Waals surface area (Å²) in [6.45, 7) is 2.62. The minimum atomic E-state index is -0.322. The monoisotopic (exact) mass is 402 g/mol. The zero-order valence-corrected chi connectivity index (χ0v) is 16.4. The number of ether oxygens (including phenoxy) is 1. The number of amides is 3. The van der Waals surface area contributed by atoms with E-state index in [0.717, 1.165) is 18.8 Å². The van der Waals surface area contributed by atoms with E-state index in [4.69, 9.17) is 16.3 Å². The third-order valence-corrected chi connectivity index (χ3v) is 4.82. The lowest BCUT2D eigenvalue weighted by Gasteiger charge is -2.36. The molecule has 7 nitrogen and oxygen atoms in total. The van der Waals surface area contributed by atoms with Crippen molar-refractivity contribution >= 4 is 34.9 Å². The summed E-state index contributed by atoms with van der Waals surface area (Å²) in [7, 11) is 1.52. The molecule has 1 aliphatic heterocycles. The SMILES string of the molecule is COc1ccc(NC(=O)CNC(=O)N2CCN(c3ccccc3)CC2)cc1Cl. The Balaban J connectivity index is 1.43. The van der Waals surface area contributed by atoms with Crippen LogP contribution < -0.4 is 20.3 Å². The molecular formula is C20H23ClN4O3. The van der Waals surface area contributed by atoms with Crippen LogP contribution >= 0.6 is 11.6 Å². The van der Waals surface area contributed by atoms with Gasteiger partial charge < -0.3 is 25.2 Å². The van der Waals surface area contributed by atoms with Gasteiger partial charge in [0.1, 0.15) is 5.75 Å². The van der Waals surface area contributed by atoms with Gasteiger partial charge >= 0.3 is 6.03 Å². The van der Waals surface area contributed by atoms with Crippen molar-refractivity contribution in [1.82, 2.24) is 10.2 Å². The number of carbonyl (C=O) groups is 2. The topological polar surface area (TPSA) is 73.9 Å². The Hall–Kier alpha value is -2.93. The highest BCUT2D eigenvalue weighted by Crippen LogP contribution is 2.27. The Kier molecular flexibility index (Phi) is 6.60. The minimum Gasteiger partial charge on any atom is -0.495 e. The molecule has 0 aliphatic carbocycles. The van der Waals surface area contributed by atoms with Crippen LogP contribution in [0.1, 0.15) is 0 Å². The Bertz CT molecular complexity index is 823. The molecule has 0 unspecified atom stereocenters. The number of carbonyl (C=O) groups excluding carboxylic acids is 2. The number of hydrogen-bond donors (Lipinski definition) is 2. The number of methoxy groups -OCH3 is 1. The number of para-hydroxylation sites is 1. The van der Waals surface area contributed by atoms with Gasteiger partial charge in [0.05, 0.1) is 18.7 Å². The lowest BCUT2D eigenvalue weighted by Crippen LogP contribution is -2.52. The first kappa shape index (κ1) is 19.8. The van der Waals surface area contributed by atoms with Gasteiger partial charge in [-0.05, 0) is 30.3 Å². The molecule has 148 valence electrons. The number of nitrogens with zero attached hydrogens (tertiary/aromatic N) is 2. The highest BCUT2D eigenvalue weighted by molar-refractivity contribution is 6.32. The fourth-order valence-electron chi connectivity index (χ4n) is 3.02. The fourth-order valence-corrected chi connectivity index (χ4v) is 3.28. The largest absolute Gasteiger partial charge is 0.495 e. The highest BCUT2D eigenvalue weighted by Gasteiger charge is 2.21. The maximum atomic E-state index is 12.3. The smallest absolute Gasteiger partial charge is 0.317 e. The number of anilines is 2. The van der Waals surface area contributed by atoms with Gasteiger partial charge in [-0.15, -0.1) is 0 Å². The van der Waals surface area contributed by atoms with Gasteiger partial charge in [-0.25, -0.2) is 4.79 Å². The van der Waals surface area contributed by atoms with E-state index < -0.39 is 0 Å². The number of rotatable bonds is 5. The maximum Gasteiger partial charge on any atom is 0.317 e. The zero-order valence-electron chi connectivity index (χ0n) is 15.7. The summed E-state index contributed by atoms with van der Waals surface area (Å²) in [5, 5.41) is 5.77. The molecule has 0 atom stereocenters.